The van der Waals surface area contributed by atoms with E-state index in [9.17, 15) is 10.1 Å². The van der Waals surface area contributed by atoms with Crippen LogP contribution in [0.3, 0.4) is 0 Å². The maximum Gasteiger partial charge on any atom is 0.266 e. The van der Waals surface area contributed by atoms with Gasteiger partial charge in [-0.3, -0.25) is 4.79 Å². The Morgan fingerprint density at radius 1 is 1.00 bits per heavy atom. The first-order valence-electron chi connectivity index (χ1n) is 9.56. The van der Waals surface area contributed by atoms with E-state index in [0.717, 1.165) is 22.0 Å². The summed E-state index contributed by atoms with van der Waals surface area (Å²) < 4.78 is 2.11. The number of benzene rings is 3. The monoisotopic (exact) mass is 445 g/mol. The molecule has 0 spiro atoms. The van der Waals surface area contributed by atoms with Crippen LogP contribution in [-0.2, 0) is 11.3 Å². The van der Waals surface area contributed by atoms with Gasteiger partial charge in [-0.2, -0.15) is 5.26 Å². The van der Waals surface area contributed by atoms with Crippen LogP contribution in [0.25, 0.3) is 17.0 Å². The van der Waals surface area contributed by atoms with Crippen molar-refractivity contribution >= 4 is 51.8 Å². The van der Waals surface area contributed by atoms with Crippen LogP contribution < -0.4 is 5.32 Å². The minimum absolute atomic E-state index is 0.0290. The lowest BCUT2D eigenvalue weighted by molar-refractivity contribution is -0.112. The number of carbonyl (C=O) groups excluding carboxylic acids is 1. The lowest BCUT2D eigenvalue weighted by Gasteiger charge is -2.07. The van der Waals surface area contributed by atoms with Gasteiger partial charge in [-0.25, -0.2) is 0 Å². The average Bonchev–Trinajstić information content (AvgIpc) is 3.13. The van der Waals surface area contributed by atoms with E-state index in [1.54, 1.807) is 24.3 Å². The lowest BCUT2D eigenvalue weighted by atomic mass is 10.1. The van der Waals surface area contributed by atoms with Gasteiger partial charge in [0.05, 0.1) is 15.7 Å². The molecule has 0 saturated heterocycles. The van der Waals surface area contributed by atoms with Crippen LogP contribution >= 0.6 is 23.2 Å². The van der Waals surface area contributed by atoms with Crippen molar-refractivity contribution in [1.29, 1.82) is 5.26 Å². The maximum absolute atomic E-state index is 12.7. The number of fused-ring (bicyclic) bond motifs is 1. The molecule has 1 heterocycles. The van der Waals surface area contributed by atoms with Crippen molar-refractivity contribution in [3.63, 3.8) is 0 Å². The maximum atomic E-state index is 12.7. The first-order chi connectivity index (χ1) is 15.1. The van der Waals surface area contributed by atoms with E-state index in [-0.39, 0.29) is 10.6 Å². The number of nitriles is 1. The Morgan fingerprint density at radius 3 is 2.52 bits per heavy atom. The van der Waals surface area contributed by atoms with Gasteiger partial charge in [-0.15, -0.1) is 0 Å². The number of hydrogen-bond acceptors (Lipinski definition) is 2. The van der Waals surface area contributed by atoms with E-state index < -0.39 is 5.91 Å². The van der Waals surface area contributed by atoms with Gasteiger partial charge >= 0.3 is 0 Å². The summed E-state index contributed by atoms with van der Waals surface area (Å²) in [5.41, 5.74) is 3.29. The van der Waals surface area contributed by atoms with Crippen LogP contribution in [0.4, 0.5) is 5.69 Å². The molecule has 0 aliphatic rings. The molecule has 1 amide bonds. The molecule has 1 N–H and O–H groups in total. The van der Waals surface area contributed by atoms with Crippen molar-refractivity contribution in [2.45, 2.75) is 6.54 Å². The molecular weight excluding hydrogens is 429 g/mol. The fourth-order valence-corrected chi connectivity index (χ4v) is 3.74. The fraction of sp³-hybridized carbons (Fsp3) is 0.0400. The summed E-state index contributed by atoms with van der Waals surface area (Å²) in [6.07, 6.45) is 3.55. The number of amides is 1. The molecule has 4 aromatic rings. The van der Waals surface area contributed by atoms with Crippen molar-refractivity contribution in [1.82, 2.24) is 4.57 Å². The van der Waals surface area contributed by atoms with Crippen LogP contribution in [-0.4, -0.2) is 10.5 Å². The Labute approximate surface area is 189 Å². The van der Waals surface area contributed by atoms with E-state index in [2.05, 4.69) is 22.0 Å². The van der Waals surface area contributed by atoms with Gasteiger partial charge in [-0.1, -0.05) is 77.8 Å². The molecule has 0 saturated carbocycles. The normalized spacial score (nSPS) is 11.3. The number of halogens is 2. The van der Waals surface area contributed by atoms with Crippen LogP contribution in [0.2, 0.25) is 10.0 Å². The van der Waals surface area contributed by atoms with Crippen LogP contribution in [0.5, 0.6) is 0 Å². The number of carbonyl (C=O) groups is 1. The second-order valence-corrected chi connectivity index (χ2v) is 7.73. The number of rotatable bonds is 5. The lowest BCUT2D eigenvalue weighted by Crippen LogP contribution is -2.13. The molecule has 31 heavy (non-hydrogen) atoms. The van der Waals surface area contributed by atoms with Crippen molar-refractivity contribution in [3.05, 3.63) is 106 Å². The van der Waals surface area contributed by atoms with Crippen LogP contribution in [0.1, 0.15) is 11.1 Å². The van der Waals surface area contributed by atoms with E-state index in [1.165, 1.54) is 0 Å². The van der Waals surface area contributed by atoms with E-state index in [4.69, 9.17) is 23.2 Å². The van der Waals surface area contributed by atoms with Gasteiger partial charge in [-0.05, 0) is 29.8 Å². The summed E-state index contributed by atoms with van der Waals surface area (Å²) in [6.45, 7) is 0.682. The third-order valence-electron chi connectivity index (χ3n) is 4.88. The number of anilines is 1. The Kier molecular flexibility index (Phi) is 6.08. The minimum Gasteiger partial charge on any atom is -0.342 e. The van der Waals surface area contributed by atoms with Gasteiger partial charge in [0.1, 0.15) is 11.6 Å². The first kappa shape index (κ1) is 20.7. The molecule has 0 radical (unpaired) electrons. The van der Waals surface area contributed by atoms with Gasteiger partial charge in [0.15, 0.2) is 0 Å². The number of nitrogens with one attached hydrogen (secondary N) is 1. The number of para-hydroxylation sites is 1. The predicted molar refractivity (Wildman–Crippen MR) is 126 cm³/mol. The summed E-state index contributed by atoms with van der Waals surface area (Å²) in [5.74, 6) is -0.549. The molecule has 0 aliphatic carbocycles. The van der Waals surface area contributed by atoms with Crippen LogP contribution in [0, 0.1) is 11.3 Å². The predicted octanol–water partition coefficient (Wildman–Crippen LogP) is 6.54. The first-order valence-corrected chi connectivity index (χ1v) is 10.3. The molecule has 1 aromatic heterocycles. The molecule has 152 valence electrons. The molecule has 0 aliphatic heterocycles. The SMILES string of the molecule is N#C/C(=C/c1cn(Cc2ccccc2)c2ccccc12)C(=O)Nc1cccc(Cl)c1Cl. The summed E-state index contributed by atoms with van der Waals surface area (Å²) in [6, 6.07) is 24.9. The molecular formula is C25H17Cl2N3O. The molecule has 3 aromatic carbocycles. The largest absolute Gasteiger partial charge is 0.342 e. The second kappa shape index (κ2) is 9.09. The van der Waals surface area contributed by atoms with E-state index >= 15 is 0 Å². The molecule has 0 atom stereocenters. The smallest absolute Gasteiger partial charge is 0.266 e. The van der Waals surface area contributed by atoms with Gasteiger partial charge in [0.2, 0.25) is 0 Å². The summed E-state index contributed by atoms with van der Waals surface area (Å²) in [4.78, 5) is 12.7. The highest BCUT2D eigenvalue weighted by atomic mass is 35.5. The highest BCUT2D eigenvalue weighted by Gasteiger charge is 2.15. The Bertz CT molecular complexity index is 1330. The zero-order valence-corrected chi connectivity index (χ0v) is 17.9. The molecule has 0 fully saturated rings. The van der Waals surface area contributed by atoms with Crippen molar-refractivity contribution < 1.29 is 4.79 Å². The van der Waals surface area contributed by atoms with Crippen LogP contribution in [0.15, 0.2) is 84.6 Å². The topological polar surface area (TPSA) is 57.8 Å². The summed E-state index contributed by atoms with van der Waals surface area (Å²) >= 11 is 12.2. The Hall–Kier alpha value is -3.52. The minimum atomic E-state index is -0.549. The van der Waals surface area contributed by atoms with E-state index in [1.807, 2.05) is 54.7 Å². The third kappa shape index (κ3) is 4.49. The quantitative estimate of drug-likeness (QED) is 0.280. The highest BCUT2D eigenvalue weighted by molar-refractivity contribution is 6.44. The fourth-order valence-electron chi connectivity index (χ4n) is 3.40. The Morgan fingerprint density at radius 2 is 1.74 bits per heavy atom. The molecule has 4 rings (SSSR count). The third-order valence-corrected chi connectivity index (χ3v) is 5.70. The number of hydrogen-bond donors (Lipinski definition) is 1. The summed E-state index contributed by atoms with van der Waals surface area (Å²) in [5, 5.41) is 13.8. The van der Waals surface area contributed by atoms with Crippen molar-refractivity contribution in [2.75, 3.05) is 5.32 Å². The van der Waals surface area contributed by atoms with Gasteiger partial charge < -0.3 is 9.88 Å². The van der Waals surface area contributed by atoms with Gasteiger partial charge in [0.25, 0.3) is 5.91 Å². The van der Waals surface area contributed by atoms with Gasteiger partial charge in [0, 0.05) is 29.2 Å². The average molecular weight is 446 g/mol. The molecule has 6 heteroatoms. The van der Waals surface area contributed by atoms with Crippen molar-refractivity contribution in [2.24, 2.45) is 0 Å². The zero-order chi connectivity index (χ0) is 21.8. The number of nitrogens with zero attached hydrogens (tertiary/aromatic N) is 2. The second-order valence-electron chi connectivity index (χ2n) is 6.94. The Balaban J connectivity index is 1.69. The number of aromatic nitrogens is 1. The highest BCUT2D eigenvalue weighted by Crippen LogP contribution is 2.30. The molecule has 4 nitrogen and oxygen atoms in total. The summed E-state index contributed by atoms with van der Waals surface area (Å²) in [7, 11) is 0. The van der Waals surface area contributed by atoms with Crippen molar-refractivity contribution in [3.8, 4) is 6.07 Å². The molecule has 0 unspecified atom stereocenters. The molecule has 0 bridgehead atoms. The van der Waals surface area contributed by atoms with E-state index in [0.29, 0.717) is 17.3 Å². The zero-order valence-electron chi connectivity index (χ0n) is 16.3. The standard InChI is InChI=1S/C25H17Cl2N3O/c26-21-10-6-11-22(24(21)27)29-25(31)18(14-28)13-19-16-30(15-17-7-2-1-3-8-17)23-12-5-4-9-20(19)23/h1-13,16H,15H2,(H,29,31)/b18-13-.